The molecule has 0 spiro atoms. The van der Waals surface area contributed by atoms with Crippen molar-refractivity contribution >= 4 is 17.5 Å². The monoisotopic (exact) mass is 314 g/mol. The molecule has 0 N–H and O–H groups in total. The van der Waals surface area contributed by atoms with Gasteiger partial charge in [-0.05, 0) is 63.3 Å². The van der Waals surface area contributed by atoms with E-state index in [2.05, 4.69) is 20.8 Å². The molecule has 0 saturated carbocycles. The number of hydrogen-bond donors (Lipinski definition) is 0. The van der Waals surface area contributed by atoms with E-state index in [4.69, 9.17) is 0 Å². The van der Waals surface area contributed by atoms with Gasteiger partial charge in [-0.15, -0.1) is 0 Å². The van der Waals surface area contributed by atoms with Crippen molar-refractivity contribution in [3.63, 3.8) is 0 Å². The largest absolute Gasteiger partial charge is 0.340 e. The summed E-state index contributed by atoms with van der Waals surface area (Å²) in [6.45, 7) is 7.60. The van der Waals surface area contributed by atoms with Crippen molar-refractivity contribution in [1.82, 2.24) is 4.90 Å². The Labute approximate surface area is 138 Å². The van der Waals surface area contributed by atoms with Gasteiger partial charge in [0.25, 0.3) is 0 Å². The zero-order chi connectivity index (χ0) is 16.6. The van der Waals surface area contributed by atoms with E-state index in [1.54, 1.807) is 4.90 Å². The van der Waals surface area contributed by atoms with Crippen LogP contribution < -0.4 is 4.90 Å². The third-order valence-electron chi connectivity index (χ3n) is 5.36. The summed E-state index contributed by atoms with van der Waals surface area (Å²) < 4.78 is 0. The van der Waals surface area contributed by atoms with Crippen LogP contribution in [0.3, 0.4) is 0 Å². The lowest BCUT2D eigenvalue weighted by atomic mass is 9.99. The number of amides is 2. The summed E-state index contributed by atoms with van der Waals surface area (Å²) in [5.74, 6) is 0.0396. The molecule has 2 fully saturated rings. The molecule has 1 aromatic rings. The molecule has 1 aromatic carbocycles. The molecule has 23 heavy (non-hydrogen) atoms. The number of benzene rings is 1. The molecular formula is C19H26N2O2. The molecule has 0 radical (unpaired) electrons. The molecule has 2 atom stereocenters. The second-order valence-corrected chi connectivity index (χ2v) is 7.05. The minimum Gasteiger partial charge on any atom is -0.340 e. The normalized spacial score (nSPS) is 25.1. The summed E-state index contributed by atoms with van der Waals surface area (Å²) in [5.41, 5.74) is 3.31. The van der Waals surface area contributed by atoms with E-state index in [1.807, 2.05) is 23.1 Å². The first-order valence-electron chi connectivity index (χ1n) is 8.65. The van der Waals surface area contributed by atoms with Crippen molar-refractivity contribution in [2.45, 2.75) is 52.5 Å². The lowest BCUT2D eigenvalue weighted by Gasteiger charge is -2.35. The second kappa shape index (κ2) is 6.34. The number of piperidine rings is 1. The van der Waals surface area contributed by atoms with Crippen molar-refractivity contribution in [2.75, 3.05) is 18.0 Å². The summed E-state index contributed by atoms with van der Waals surface area (Å²) in [5, 5.41) is 0. The smallest absolute Gasteiger partial charge is 0.228 e. The molecular weight excluding hydrogens is 288 g/mol. The molecule has 0 bridgehead atoms. The topological polar surface area (TPSA) is 40.6 Å². The fraction of sp³-hybridized carbons (Fsp3) is 0.579. The predicted molar refractivity (Wildman–Crippen MR) is 91.4 cm³/mol. The Kier molecular flexibility index (Phi) is 4.42. The highest BCUT2D eigenvalue weighted by Crippen LogP contribution is 2.29. The lowest BCUT2D eigenvalue weighted by Crippen LogP contribution is -2.45. The minimum atomic E-state index is -0.190. The van der Waals surface area contributed by atoms with E-state index in [0.717, 1.165) is 25.1 Å². The van der Waals surface area contributed by atoms with Crippen molar-refractivity contribution < 1.29 is 9.59 Å². The Hall–Kier alpha value is -1.84. The van der Waals surface area contributed by atoms with Gasteiger partial charge in [-0.25, -0.2) is 0 Å². The van der Waals surface area contributed by atoms with E-state index < -0.39 is 0 Å². The summed E-state index contributed by atoms with van der Waals surface area (Å²) in [7, 11) is 0. The Morgan fingerprint density at radius 1 is 1.17 bits per heavy atom. The lowest BCUT2D eigenvalue weighted by molar-refractivity contribution is -0.139. The number of likely N-dealkylation sites (tertiary alicyclic amines) is 1. The molecule has 2 heterocycles. The summed E-state index contributed by atoms with van der Waals surface area (Å²) in [6, 6.07) is 6.38. The van der Waals surface area contributed by atoms with Crippen LogP contribution in [0.4, 0.5) is 5.69 Å². The highest BCUT2D eigenvalue weighted by atomic mass is 16.2. The number of anilines is 1. The number of carbonyl (C=O) groups is 2. The maximum absolute atomic E-state index is 12.8. The molecule has 2 aliphatic rings. The highest BCUT2D eigenvalue weighted by molar-refractivity contribution is 6.00. The molecule has 2 aliphatic heterocycles. The van der Waals surface area contributed by atoms with Gasteiger partial charge in [-0.1, -0.05) is 6.07 Å². The van der Waals surface area contributed by atoms with Crippen LogP contribution in [0.25, 0.3) is 0 Å². The van der Waals surface area contributed by atoms with Crippen molar-refractivity contribution in [1.29, 1.82) is 0 Å². The van der Waals surface area contributed by atoms with Gasteiger partial charge in [0, 0.05) is 31.2 Å². The third-order valence-corrected chi connectivity index (χ3v) is 5.36. The zero-order valence-corrected chi connectivity index (χ0v) is 14.3. The van der Waals surface area contributed by atoms with Gasteiger partial charge in [0.15, 0.2) is 0 Å². The van der Waals surface area contributed by atoms with Crippen molar-refractivity contribution in [2.24, 2.45) is 5.92 Å². The van der Waals surface area contributed by atoms with Crippen LogP contribution in [0.2, 0.25) is 0 Å². The fourth-order valence-corrected chi connectivity index (χ4v) is 3.68. The van der Waals surface area contributed by atoms with Gasteiger partial charge in [0.2, 0.25) is 11.8 Å². The Bertz CT molecular complexity index is 626. The second-order valence-electron chi connectivity index (χ2n) is 7.05. The van der Waals surface area contributed by atoms with E-state index in [9.17, 15) is 9.59 Å². The zero-order valence-electron chi connectivity index (χ0n) is 14.3. The molecule has 0 aromatic heterocycles. The van der Waals surface area contributed by atoms with Crippen LogP contribution in [0.15, 0.2) is 18.2 Å². The molecule has 0 unspecified atom stereocenters. The van der Waals surface area contributed by atoms with Crippen LogP contribution in [0, 0.1) is 19.8 Å². The van der Waals surface area contributed by atoms with Gasteiger partial charge in [0.1, 0.15) is 0 Å². The first-order chi connectivity index (χ1) is 11.0. The molecule has 3 rings (SSSR count). The highest BCUT2D eigenvalue weighted by Gasteiger charge is 2.38. The molecule has 4 nitrogen and oxygen atoms in total. The van der Waals surface area contributed by atoms with Crippen molar-refractivity contribution in [3.8, 4) is 0 Å². The SMILES string of the molecule is Cc1ccc(N2C[C@H](C(=O)N3CCCC[C@@H]3C)CC2=O)cc1C. The van der Waals surface area contributed by atoms with Crippen LogP contribution in [0.1, 0.15) is 43.7 Å². The fourth-order valence-electron chi connectivity index (χ4n) is 3.68. The minimum absolute atomic E-state index is 0.0660. The molecule has 2 saturated heterocycles. The van der Waals surface area contributed by atoms with Gasteiger partial charge in [-0.2, -0.15) is 0 Å². The molecule has 0 aliphatic carbocycles. The van der Waals surface area contributed by atoms with Gasteiger partial charge in [-0.3, -0.25) is 9.59 Å². The van der Waals surface area contributed by atoms with Crippen LogP contribution in [0.5, 0.6) is 0 Å². The average molecular weight is 314 g/mol. The standard InChI is InChI=1S/C19H26N2O2/c1-13-7-8-17(10-14(13)2)21-12-16(11-18(21)22)19(23)20-9-5-4-6-15(20)3/h7-8,10,15-16H,4-6,9,11-12H2,1-3H3/t15-,16+/m0/s1. The summed E-state index contributed by atoms with van der Waals surface area (Å²) >= 11 is 0. The van der Waals surface area contributed by atoms with Gasteiger partial charge >= 0.3 is 0 Å². The predicted octanol–water partition coefficient (Wildman–Crippen LogP) is 3.06. The number of hydrogen-bond acceptors (Lipinski definition) is 2. The van der Waals surface area contributed by atoms with Gasteiger partial charge < -0.3 is 9.80 Å². The maximum atomic E-state index is 12.8. The average Bonchev–Trinajstić information content (AvgIpc) is 2.92. The molecule has 2 amide bonds. The Balaban J connectivity index is 1.74. The Morgan fingerprint density at radius 2 is 1.96 bits per heavy atom. The first kappa shape index (κ1) is 16.0. The number of aryl methyl sites for hydroxylation is 2. The third kappa shape index (κ3) is 3.12. The Morgan fingerprint density at radius 3 is 2.65 bits per heavy atom. The first-order valence-corrected chi connectivity index (χ1v) is 8.65. The van der Waals surface area contributed by atoms with Crippen LogP contribution in [-0.4, -0.2) is 35.8 Å². The van der Waals surface area contributed by atoms with Crippen LogP contribution >= 0.6 is 0 Å². The number of rotatable bonds is 2. The van der Waals surface area contributed by atoms with E-state index >= 15 is 0 Å². The van der Waals surface area contributed by atoms with E-state index in [0.29, 0.717) is 19.0 Å². The van der Waals surface area contributed by atoms with Crippen LogP contribution in [-0.2, 0) is 9.59 Å². The maximum Gasteiger partial charge on any atom is 0.228 e. The number of nitrogens with zero attached hydrogens (tertiary/aromatic N) is 2. The van der Waals surface area contributed by atoms with Crippen molar-refractivity contribution in [3.05, 3.63) is 29.3 Å². The summed E-state index contributed by atoms with van der Waals surface area (Å²) in [4.78, 5) is 29.0. The van der Waals surface area contributed by atoms with E-state index in [1.165, 1.54) is 17.5 Å². The molecule has 4 heteroatoms. The quantitative estimate of drug-likeness (QED) is 0.842. The summed E-state index contributed by atoms with van der Waals surface area (Å²) in [6.07, 6.45) is 3.70. The molecule has 124 valence electrons. The van der Waals surface area contributed by atoms with Gasteiger partial charge in [0.05, 0.1) is 5.92 Å². The van der Waals surface area contributed by atoms with E-state index in [-0.39, 0.29) is 17.7 Å². The number of carbonyl (C=O) groups excluding carboxylic acids is 2.